The van der Waals surface area contributed by atoms with Gasteiger partial charge in [-0.3, -0.25) is 5.21 Å². The third-order valence-electron chi connectivity index (χ3n) is 4.39. The molecule has 0 spiro atoms. The Morgan fingerprint density at radius 2 is 2.00 bits per heavy atom. The zero-order valence-corrected chi connectivity index (χ0v) is 19.0. The van der Waals surface area contributed by atoms with Crippen molar-refractivity contribution in [3.63, 3.8) is 0 Å². The molecule has 0 aromatic heterocycles. The summed E-state index contributed by atoms with van der Waals surface area (Å²) in [6.45, 7) is 3.76. The van der Waals surface area contributed by atoms with E-state index in [2.05, 4.69) is 10.4 Å². The number of hydrogen-bond acceptors (Lipinski definition) is 6. The highest BCUT2D eigenvalue weighted by Crippen LogP contribution is 2.42. The van der Waals surface area contributed by atoms with Gasteiger partial charge in [0.15, 0.2) is 10.5 Å². The molecule has 10 heteroatoms. The summed E-state index contributed by atoms with van der Waals surface area (Å²) in [6.07, 6.45) is 0.763. The number of rotatable bonds is 5. The van der Waals surface area contributed by atoms with E-state index in [0.717, 1.165) is 5.56 Å². The molecule has 7 nitrogen and oxygen atoms in total. The molecule has 1 aliphatic heterocycles. The van der Waals surface area contributed by atoms with Gasteiger partial charge in [0.25, 0.3) is 0 Å². The molecule has 2 aromatic rings. The van der Waals surface area contributed by atoms with E-state index in [-0.39, 0.29) is 0 Å². The van der Waals surface area contributed by atoms with Crippen LogP contribution in [0.25, 0.3) is 0 Å². The first-order valence-electron chi connectivity index (χ1n) is 8.97. The first-order chi connectivity index (χ1) is 14.2. The Kier molecular flexibility index (Phi) is 6.87. The van der Waals surface area contributed by atoms with Crippen LogP contribution < -0.4 is 10.1 Å². The molecule has 1 aliphatic rings. The maximum absolute atomic E-state index is 12.7. The maximum atomic E-state index is 12.7. The van der Waals surface area contributed by atoms with E-state index >= 15 is 0 Å². The summed E-state index contributed by atoms with van der Waals surface area (Å²) in [5, 5.41) is 20.4. The molecule has 0 radical (unpaired) electrons. The number of hydrogen-bond donors (Lipinski definition) is 2. The van der Waals surface area contributed by atoms with Crippen LogP contribution in [0.4, 0.5) is 10.5 Å². The van der Waals surface area contributed by atoms with Gasteiger partial charge in [0.2, 0.25) is 0 Å². The standard InChI is InChI=1S/C20H21ClN4O3S2/c1-20(2)17(25(27)18(26)23-15-10-8-14(21)9-11-15)24(19(29)30-20)22-12-13-6-4-5-7-16(13)28-3/h4-12,17,27H,1-3H3,(H,23,26)/b22-12-/t17-/m0/s1. The Labute approximate surface area is 189 Å². The minimum absolute atomic E-state index is 0.439. The third-order valence-corrected chi connectivity index (χ3v) is 6.17. The van der Waals surface area contributed by atoms with Crippen LogP contribution in [-0.2, 0) is 0 Å². The smallest absolute Gasteiger partial charge is 0.347 e. The fraction of sp³-hybridized carbons (Fsp3) is 0.250. The van der Waals surface area contributed by atoms with Crippen LogP contribution in [-0.4, -0.2) is 49.9 Å². The van der Waals surface area contributed by atoms with Gasteiger partial charge in [-0.1, -0.05) is 47.7 Å². The largest absolute Gasteiger partial charge is 0.496 e. The molecule has 1 heterocycles. The summed E-state index contributed by atoms with van der Waals surface area (Å²) in [5.74, 6) is 0.649. The molecule has 0 saturated carbocycles. The second kappa shape index (κ2) is 9.22. The molecule has 30 heavy (non-hydrogen) atoms. The highest BCUT2D eigenvalue weighted by Gasteiger charge is 2.50. The van der Waals surface area contributed by atoms with Gasteiger partial charge >= 0.3 is 6.03 Å². The van der Waals surface area contributed by atoms with Crippen molar-refractivity contribution in [3.05, 3.63) is 59.1 Å². The Morgan fingerprint density at radius 3 is 2.67 bits per heavy atom. The number of carbonyl (C=O) groups excluding carboxylic acids is 1. The number of thioether (sulfide) groups is 1. The highest BCUT2D eigenvalue weighted by molar-refractivity contribution is 8.24. The molecule has 158 valence electrons. The topological polar surface area (TPSA) is 77.4 Å². The Hall–Kier alpha value is -2.33. The number of nitrogens with zero attached hydrogens (tertiary/aromatic N) is 3. The van der Waals surface area contributed by atoms with E-state index in [9.17, 15) is 10.0 Å². The molecule has 2 N–H and O–H groups in total. The van der Waals surface area contributed by atoms with Gasteiger partial charge in [-0.15, -0.1) is 0 Å². The molecule has 2 aromatic carbocycles. The summed E-state index contributed by atoms with van der Waals surface area (Å²) in [4.78, 5) is 12.7. The van der Waals surface area contributed by atoms with E-state index in [1.807, 2.05) is 38.1 Å². The lowest BCUT2D eigenvalue weighted by molar-refractivity contribution is -0.114. The zero-order valence-electron chi connectivity index (χ0n) is 16.6. The highest BCUT2D eigenvalue weighted by atomic mass is 35.5. The van der Waals surface area contributed by atoms with Crippen LogP contribution in [0.1, 0.15) is 19.4 Å². The molecular weight excluding hydrogens is 444 g/mol. The lowest BCUT2D eigenvalue weighted by atomic mass is 10.1. The van der Waals surface area contributed by atoms with E-state index in [1.54, 1.807) is 37.6 Å². The van der Waals surface area contributed by atoms with Crippen LogP contribution in [0.15, 0.2) is 53.6 Å². The molecule has 3 rings (SSSR count). The maximum Gasteiger partial charge on any atom is 0.347 e. The second-order valence-corrected chi connectivity index (χ2v) is 9.68. The van der Waals surface area contributed by atoms with Gasteiger partial charge in [0, 0.05) is 16.3 Å². The molecule has 0 unspecified atom stereocenters. The number of amides is 2. The van der Waals surface area contributed by atoms with E-state index in [0.29, 0.717) is 25.8 Å². The molecule has 2 amide bonds. The summed E-state index contributed by atoms with van der Waals surface area (Å²) in [5.41, 5.74) is 1.24. The van der Waals surface area contributed by atoms with Gasteiger partial charge in [0.05, 0.1) is 18.1 Å². The average molecular weight is 465 g/mol. The number of nitrogens with one attached hydrogen (secondary N) is 1. The van der Waals surface area contributed by atoms with Crippen molar-refractivity contribution in [1.82, 2.24) is 10.1 Å². The Morgan fingerprint density at radius 1 is 1.33 bits per heavy atom. The average Bonchev–Trinajstić information content (AvgIpc) is 2.95. The number of ether oxygens (including phenoxy) is 1. The molecule has 1 fully saturated rings. The van der Waals surface area contributed by atoms with Crippen LogP contribution >= 0.6 is 35.6 Å². The van der Waals surface area contributed by atoms with Crippen molar-refractivity contribution >= 4 is 57.8 Å². The molecule has 0 aliphatic carbocycles. The number of para-hydroxylation sites is 1. The van der Waals surface area contributed by atoms with Crippen LogP contribution in [0.3, 0.4) is 0 Å². The molecule has 0 bridgehead atoms. The van der Waals surface area contributed by atoms with Crippen molar-refractivity contribution in [1.29, 1.82) is 0 Å². The summed E-state index contributed by atoms with van der Waals surface area (Å²) < 4.78 is 5.16. The number of benzene rings is 2. The fourth-order valence-electron chi connectivity index (χ4n) is 2.95. The second-order valence-electron chi connectivity index (χ2n) is 6.96. The van der Waals surface area contributed by atoms with Crippen molar-refractivity contribution in [2.45, 2.75) is 24.8 Å². The number of urea groups is 1. The summed E-state index contributed by atoms with van der Waals surface area (Å²) in [6, 6.07) is 13.3. The van der Waals surface area contributed by atoms with Gasteiger partial charge in [-0.25, -0.2) is 9.80 Å². The lowest BCUT2D eigenvalue weighted by Gasteiger charge is -2.34. The first kappa shape index (κ1) is 22.4. The van der Waals surface area contributed by atoms with Crippen LogP contribution in [0.2, 0.25) is 5.02 Å². The van der Waals surface area contributed by atoms with Gasteiger partial charge in [0.1, 0.15) is 5.75 Å². The normalized spacial score (nSPS) is 18.0. The number of thiocarbonyl (C=S) groups is 1. The first-order valence-corrected chi connectivity index (χ1v) is 10.6. The van der Waals surface area contributed by atoms with E-state index in [4.69, 9.17) is 28.6 Å². The molecule has 1 atom stereocenters. The van der Waals surface area contributed by atoms with Gasteiger partial charge in [-0.2, -0.15) is 10.2 Å². The summed E-state index contributed by atoms with van der Waals surface area (Å²) in [7, 11) is 1.57. The van der Waals surface area contributed by atoms with Gasteiger partial charge in [-0.05, 0) is 50.2 Å². The fourth-order valence-corrected chi connectivity index (χ4v) is 4.86. The minimum Gasteiger partial charge on any atom is -0.496 e. The van der Waals surface area contributed by atoms with Gasteiger partial charge < -0.3 is 10.1 Å². The number of hydroxylamine groups is 2. The Balaban J connectivity index is 1.83. The number of methoxy groups -OCH3 is 1. The summed E-state index contributed by atoms with van der Waals surface area (Å²) >= 11 is 12.7. The molecule has 1 saturated heterocycles. The lowest BCUT2D eigenvalue weighted by Crippen LogP contribution is -2.54. The minimum atomic E-state index is -0.826. The van der Waals surface area contributed by atoms with Crippen molar-refractivity contribution in [3.8, 4) is 5.75 Å². The zero-order chi connectivity index (χ0) is 21.9. The monoisotopic (exact) mass is 464 g/mol. The van der Waals surface area contributed by atoms with Crippen molar-refractivity contribution < 1.29 is 14.7 Å². The van der Waals surface area contributed by atoms with Crippen molar-refractivity contribution in [2.24, 2.45) is 5.10 Å². The number of carbonyl (C=O) groups is 1. The predicted molar refractivity (Wildman–Crippen MR) is 125 cm³/mol. The molecular formula is C20H21ClN4O3S2. The van der Waals surface area contributed by atoms with Crippen molar-refractivity contribution in [2.75, 3.05) is 12.4 Å². The predicted octanol–water partition coefficient (Wildman–Crippen LogP) is 5.04. The quantitative estimate of drug-likeness (QED) is 0.279. The Bertz CT molecular complexity index is 969. The number of hydrazone groups is 1. The van der Waals surface area contributed by atoms with Crippen LogP contribution in [0, 0.1) is 0 Å². The number of anilines is 1. The third kappa shape index (κ3) is 4.86. The van der Waals surface area contributed by atoms with E-state index in [1.165, 1.54) is 16.8 Å². The SMILES string of the molecule is COc1ccccc1/C=N\N1C(=S)SC(C)(C)[C@@H]1N(O)C(=O)Nc1ccc(Cl)cc1. The van der Waals surface area contributed by atoms with E-state index < -0.39 is 16.9 Å². The number of halogens is 1. The van der Waals surface area contributed by atoms with Crippen LogP contribution in [0.5, 0.6) is 5.75 Å².